The van der Waals surface area contributed by atoms with Gasteiger partial charge in [-0.1, -0.05) is 37.0 Å². The van der Waals surface area contributed by atoms with Crippen LogP contribution in [0.25, 0.3) is 0 Å². The van der Waals surface area contributed by atoms with Crippen LogP contribution in [0.2, 0.25) is 10.0 Å². The van der Waals surface area contributed by atoms with Gasteiger partial charge in [-0.05, 0) is 12.1 Å². The van der Waals surface area contributed by atoms with Crippen LogP contribution in [0.1, 0.15) is 31.9 Å². The fourth-order valence-corrected chi connectivity index (χ4v) is 2.56. The number of hydrogen-bond acceptors (Lipinski definition) is 2. The van der Waals surface area contributed by atoms with Gasteiger partial charge >= 0.3 is 0 Å². The highest BCUT2D eigenvalue weighted by atomic mass is 35.5. The first-order chi connectivity index (χ1) is 7.58. The van der Waals surface area contributed by atoms with Gasteiger partial charge < -0.3 is 10.1 Å². The maximum Gasteiger partial charge on any atom is 0.142 e. The van der Waals surface area contributed by atoms with Gasteiger partial charge in [0.1, 0.15) is 5.75 Å². The molecule has 0 saturated carbocycles. The van der Waals surface area contributed by atoms with Crippen molar-refractivity contribution in [2.45, 2.75) is 32.4 Å². The highest BCUT2D eigenvalue weighted by Gasteiger charge is 2.24. The summed E-state index contributed by atoms with van der Waals surface area (Å²) < 4.78 is 5.59. The molecule has 1 unspecified atom stereocenters. The third kappa shape index (κ3) is 2.45. The molecule has 88 valence electrons. The molecule has 4 heteroatoms. The minimum atomic E-state index is 0.278. The Labute approximate surface area is 106 Å². The second-order valence-corrected chi connectivity index (χ2v) is 5.16. The van der Waals surface area contributed by atoms with Crippen molar-refractivity contribution in [3.05, 3.63) is 27.7 Å². The number of nitrogens with one attached hydrogen (secondary N) is 1. The van der Waals surface area contributed by atoms with Gasteiger partial charge in [0.2, 0.25) is 0 Å². The standard InChI is InChI=1S/C12H15Cl2NO/c1-7(2)15-11-3-4-16-12-9(11)5-8(13)6-10(12)14/h5-7,11,15H,3-4H2,1-2H3. The van der Waals surface area contributed by atoms with Crippen molar-refractivity contribution < 1.29 is 4.74 Å². The molecule has 1 aliphatic rings. The zero-order valence-electron chi connectivity index (χ0n) is 9.39. The fourth-order valence-electron chi connectivity index (χ4n) is 2.00. The Morgan fingerprint density at radius 3 is 2.81 bits per heavy atom. The average Bonchev–Trinajstić information content (AvgIpc) is 2.18. The summed E-state index contributed by atoms with van der Waals surface area (Å²) in [5.74, 6) is 0.774. The van der Waals surface area contributed by atoms with Crippen LogP contribution in [0.4, 0.5) is 0 Å². The molecule has 0 aliphatic carbocycles. The largest absolute Gasteiger partial charge is 0.492 e. The van der Waals surface area contributed by atoms with E-state index in [9.17, 15) is 0 Å². The molecule has 1 heterocycles. The Morgan fingerprint density at radius 2 is 2.12 bits per heavy atom. The molecule has 0 saturated heterocycles. The molecular formula is C12H15Cl2NO. The smallest absolute Gasteiger partial charge is 0.142 e. The fraction of sp³-hybridized carbons (Fsp3) is 0.500. The molecule has 1 N–H and O–H groups in total. The number of rotatable bonds is 2. The zero-order valence-corrected chi connectivity index (χ0v) is 10.9. The lowest BCUT2D eigenvalue weighted by Gasteiger charge is -2.29. The zero-order chi connectivity index (χ0) is 11.7. The van der Waals surface area contributed by atoms with E-state index < -0.39 is 0 Å². The van der Waals surface area contributed by atoms with Gasteiger partial charge in [-0.15, -0.1) is 0 Å². The molecule has 2 rings (SSSR count). The summed E-state index contributed by atoms with van der Waals surface area (Å²) in [6, 6.07) is 4.36. The SMILES string of the molecule is CC(C)NC1CCOc2c(Cl)cc(Cl)cc21. The maximum absolute atomic E-state index is 6.11. The van der Waals surface area contributed by atoms with E-state index >= 15 is 0 Å². The quantitative estimate of drug-likeness (QED) is 0.872. The molecule has 1 aliphatic heterocycles. The predicted octanol–water partition coefficient (Wildman–Crippen LogP) is 3.82. The summed E-state index contributed by atoms with van der Waals surface area (Å²) in [5.41, 5.74) is 1.07. The first kappa shape index (κ1) is 12.0. The monoisotopic (exact) mass is 259 g/mol. The van der Waals surface area contributed by atoms with Crippen molar-refractivity contribution in [1.82, 2.24) is 5.32 Å². The Kier molecular flexibility index (Phi) is 3.63. The summed E-state index contributed by atoms with van der Waals surface area (Å²) in [5, 5.41) is 4.75. The molecule has 0 spiro atoms. The summed E-state index contributed by atoms with van der Waals surface area (Å²) in [7, 11) is 0. The van der Waals surface area contributed by atoms with E-state index in [2.05, 4.69) is 19.2 Å². The van der Waals surface area contributed by atoms with Crippen molar-refractivity contribution in [2.75, 3.05) is 6.61 Å². The molecule has 0 amide bonds. The van der Waals surface area contributed by atoms with Gasteiger partial charge in [-0.2, -0.15) is 0 Å². The van der Waals surface area contributed by atoms with Crippen molar-refractivity contribution in [1.29, 1.82) is 0 Å². The number of ether oxygens (including phenoxy) is 1. The molecule has 0 radical (unpaired) electrons. The average molecular weight is 260 g/mol. The highest BCUT2D eigenvalue weighted by Crippen LogP contribution is 2.39. The van der Waals surface area contributed by atoms with Crippen LogP contribution in [0, 0.1) is 0 Å². The minimum Gasteiger partial charge on any atom is -0.492 e. The molecule has 0 fully saturated rings. The number of halogens is 2. The lowest BCUT2D eigenvalue weighted by atomic mass is 10.00. The number of benzene rings is 1. The van der Waals surface area contributed by atoms with Gasteiger partial charge in [-0.3, -0.25) is 0 Å². The second-order valence-electron chi connectivity index (χ2n) is 4.32. The van der Waals surface area contributed by atoms with Crippen molar-refractivity contribution in [2.24, 2.45) is 0 Å². The predicted molar refractivity (Wildman–Crippen MR) is 67.6 cm³/mol. The van der Waals surface area contributed by atoms with Gasteiger partial charge in [0, 0.05) is 29.1 Å². The third-order valence-corrected chi connectivity index (χ3v) is 3.10. The van der Waals surface area contributed by atoms with Crippen LogP contribution in [-0.2, 0) is 0 Å². The Balaban J connectivity index is 2.37. The van der Waals surface area contributed by atoms with Gasteiger partial charge in [0.05, 0.1) is 11.6 Å². The molecule has 0 aromatic heterocycles. The van der Waals surface area contributed by atoms with Crippen LogP contribution in [0.5, 0.6) is 5.75 Å². The summed E-state index contributed by atoms with van der Waals surface area (Å²) in [6.07, 6.45) is 0.946. The van der Waals surface area contributed by atoms with E-state index in [1.54, 1.807) is 6.07 Å². The van der Waals surface area contributed by atoms with Crippen LogP contribution in [0.15, 0.2) is 12.1 Å². The first-order valence-corrected chi connectivity index (χ1v) is 6.21. The molecule has 0 bridgehead atoms. The van der Waals surface area contributed by atoms with Crippen molar-refractivity contribution in [3.63, 3.8) is 0 Å². The first-order valence-electron chi connectivity index (χ1n) is 5.45. The lowest BCUT2D eigenvalue weighted by Crippen LogP contribution is -2.32. The highest BCUT2D eigenvalue weighted by molar-refractivity contribution is 6.35. The molecular weight excluding hydrogens is 245 g/mol. The number of hydrogen-bond donors (Lipinski definition) is 1. The molecule has 1 atom stereocenters. The molecule has 16 heavy (non-hydrogen) atoms. The van der Waals surface area contributed by atoms with E-state index in [0.29, 0.717) is 22.7 Å². The third-order valence-electron chi connectivity index (χ3n) is 2.60. The molecule has 1 aromatic carbocycles. The second kappa shape index (κ2) is 4.82. The van der Waals surface area contributed by atoms with E-state index in [1.807, 2.05) is 6.07 Å². The Hall–Kier alpha value is -0.440. The topological polar surface area (TPSA) is 21.3 Å². The van der Waals surface area contributed by atoms with E-state index in [4.69, 9.17) is 27.9 Å². The van der Waals surface area contributed by atoms with Crippen LogP contribution in [0.3, 0.4) is 0 Å². The Morgan fingerprint density at radius 1 is 1.38 bits per heavy atom. The van der Waals surface area contributed by atoms with Gasteiger partial charge in [0.15, 0.2) is 0 Å². The molecule has 2 nitrogen and oxygen atoms in total. The van der Waals surface area contributed by atoms with E-state index in [1.165, 1.54) is 0 Å². The summed E-state index contributed by atoms with van der Waals surface area (Å²) in [4.78, 5) is 0. The van der Waals surface area contributed by atoms with Crippen molar-refractivity contribution >= 4 is 23.2 Å². The Bertz CT molecular complexity index is 393. The summed E-state index contributed by atoms with van der Waals surface area (Å²) in [6.45, 7) is 4.95. The number of fused-ring (bicyclic) bond motifs is 1. The van der Waals surface area contributed by atoms with Gasteiger partial charge in [0.25, 0.3) is 0 Å². The normalized spacial score (nSPS) is 19.4. The minimum absolute atomic E-state index is 0.278. The van der Waals surface area contributed by atoms with E-state index in [-0.39, 0.29) is 6.04 Å². The summed E-state index contributed by atoms with van der Waals surface area (Å²) >= 11 is 12.1. The van der Waals surface area contributed by atoms with Crippen LogP contribution in [-0.4, -0.2) is 12.6 Å². The maximum atomic E-state index is 6.11. The van der Waals surface area contributed by atoms with E-state index in [0.717, 1.165) is 17.7 Å². The van der Waals surface area contributed by atoms with Crippen LogP contribution < -0.4 is 10.1 Å². The van der Waals surface area contributed by atoms with Crippen LogP contribution >= 0.6 is 23.2 Å². The lowest BCUT2D eigenvalue weighted by molar-refractivity contribution is 0.247. The van der Waals surface area contributed by atoms with Crippen molar-refractivity contribution in [3.8, 4) is 5.75 Å². The van der Waals surface area contributed by atoms with Gasteiger partial charge in [-0.25, -0.2) is 0 Å². The molecule has 1 aromatic rings.